The van der Waals surface area contributed by atoms with Gasteiger partial charge in [-0.05, 0) is 19.3 Å². The van der Waals surface area contributed by atoms with E-state index in [1.807, 2.05) is 0 Å². The summed E-state index contributed by atoms with van der Waals surface area (Å²) in [5.41, 5.74) is 0. The molecule has 0 radical (unpaired) electrons. The number of hydrogen-bond donors (Lipinski definition) is 1. The molecule has 0 aromatic rings. The van der Waals surface area contributed by atoms with Crippen molar-refractivity contribution < 1.29 is 27.8 Å². The van der Waals surface area contributed by atoms with Crippen LogP contribution in [0.1, 0.15) is 19.3 Å². The smallest absolute Gasteiger partial charge is 0.391 e. The fourth-order valence-corrected chi connectivity index (χ4v) is 2.78. The number of halogens is 3. The van der Waals surface area contributed by atoms with Crippen molar-refractivity contribution in [3.8, 4) is 0 Å². The Hall–Kier alpha value is -0.780. The Morgan fingerprint density at radius 3 is 2.56 bits per heavy atom. The van der Waals surface area contributed by atoms with Crippen molar-refractivity contribution in [3.05, 3.63) is 0 Å². The summed E-state index contributed by atoms with van der Waals surface area (Å²) in [5.74, 6) is -3.81. The molecule has 1 heterocycles. The van der Waals surface area contributed by atoms with E-state index in [1.54, 1.807) is 0 Å². The van der Waals surface area contributed by atoms with Gasteiger partial charge in [0.2, 0.25) is 0 Å². The van der Waals surface area contributed by atoms with Gasteiger partial charge in [-0.15, -0.1) is 0 Å². The summed E-state index contributed by atoms with van der Waals surface area (Å²) in [6.07, 6.45) is -4.67. The van der Waals surface area contributed by atoms with Gasteiger partial charge in [-0.25, -0.2) is 0 Å². The Balaban J connectivity index is 2.16. The number of aliphatic carboxylic acids is 1. The van der Waals surface area contributed by atoms with Crippen molar-refractivity contribution in [1.29, 1.82) is 0 Å². The SMILES string of the molecule is O=C(O)[C@H]1C[C@@H](C(F)(F)F)C[C@@H]2OCC[C@@H]21. The van der Waals surface area contributed by atoms with Gasteiger partial charge in [-0.1, -0.05) is 0 Å². The quantitative estimate of drug-likeness (QED) is 0.760. The van der Waals surface area contributed by atoms with Crippen LogP contribution in [-0.2, 0) is 9.53 Å². The van der Waals surface area contributed by atoms with Crippen molar-refractivity contribution in [2.24, 2.45) is 17.8 Å². The number of carboxylic acid groups (broad SMARTS) is 1. The molecule has 0 bridgehead atoms. The Bertz CT molecular complexity index is 290. The second-order valence-corrected chi connectivity index (χ2v) is 4.52. The van der Waals surface area contributed by atoms with Crippen molar-refractivity contribution in [2.45, 2.75) is 31.5 Å². The van der Waals surface area contributed by atoms with E-state index in [9.17, 15) is 18.0 Å². The normalized spacial score (nSPS) is 39.4. The maximum absolute atomic E-state index is 12.6. The van der Waals surface area contributed by atoms with Crippen LogP contribution in [0.4, 0.5) is 13.2 Å². The molecule has 2 aliphatic rings. The Morgan fingerprint density at radius 1 is 1.31 bits per heavy atom. The summed E-state index contributed by atoms with van der Waals surface area (Å²) in [6, 6.07) is 0. The van der Waals surface area contributed by atoms with Crippen molar-refractivity contribution in [1.82, 2.24) is 0 Å². The van der Waals surface area contributed by atoms with E-state index in [1.165, 1.54) is 0 Å². The molecule has 0 amide bonds. The molecule has 16 heavy (non-hydrogen) atoms. The molecule has 1 saturated carbocycles. The summed E-state index contributed by atoms with van der Waals surface area (Å²) in [6.45, 7) is 0.379. The van der Waals surface area contributed by atoms with Crippen molar-refractivity contribution >= 4 is 5.97 Å². The van der Waals surface area contributed by atoms with Gasteiger partial charge in [0, 0.05) is 12.5 Å². The fourth-order valence-electron chi connectivity index (χ4n) is 2.78. The molecule has 2 rings (SSSR count). The van der Waals surface area contributed by atoms with Gasteiger partial charge in [0.15, 0.2) is 0 Å². The van der Waals surface area contributed by atoms with E-state index >= 15 is 0 Å². The van der Waals surface area contributed by atoms with Crippen LogP contribution in [0.2, 0.25) is 0 Å². The van der Waals surface area contributed by atoms with E-state index in [4.69, 9.17) is 9.84 Å². The molecule has 1 N–H and O–H groups in total. The lowest BCUT2D eigenvalue weighted by molar-refractivity contribution is -0.200. The molecule has 0 aromatic carbocycles. The van der Waals surface area contributed by atoms with Gasteiger partial charge < -0.3 is 9.84 Å². The summed E-state index contributed by atoms with van der Waals surface area (Å²) in [4.78, 5) is 10.9. The first-order chi connectivity index (χ1) is 7.39. The zero-order valence-electron chi connectivity index (χ0n) is 8.54. The molecule has 1 saturated heterocycles. The van der Waals surface area contributed by atoms with Crippen LogP contribution in [0.25, 0.3) is 0 Å². The second-order valence-electron chi connectivity index (χ2n) is 4.52. The monoisotopic (exact) mass is 238 g/mol. The zero-order valence-corrected chi connectivity index (χ0v) is 8.54. The van der Waals surface area contributed by atoms with E-state index in [2.05, 4.69) is 0 Å². The van der Waals surface area contributed by atoms with Crippen molar-refractivity contribution in [2.75, 3.05) is 6.61 Å². The lowest BCUT2D eigenvalue weighted by Gasteiger charge is -2.36. The third-order valence-electron chi connectivity index (χ3n) is 3.61. The highest BCUT2D eigenvalue weighted by Crippen LogP contribution is 2.46. The molecular weight excluding hydrogens is 225 g/mol. The molecule has 0 spiro atoms. The third kappa shape index (κ3) is 2.03. The summed E-state index contributed by atoms with van der Waals surface area (Å²) in [5, 5.41) is 8.95. The van der Waals surface area contributed by atoms with Crippen LogP contribution < -0.4 is 0 Å². The first kappa shape index (κ1) is 11.7. The lowest BCUT2D eigenvalue weighted by atomic mass is 9.72. The van der Waals surface area contributed by atoms with Crippen LogP contribution in [-0.4, -0.2) is 30.0 Å². The molecule has 1 aliphatic carbocycles. The number of alkyl halides is 3. The minimum absolute atomic E-state index is 0.0854. The van der Waals surface area contributed by atoms with Gasteiger partial charge >= 0.3 is 12.1 Å². The summed E-state index contributed by atoms with van der Waals surface area (Å²) in [7, 11) is 0. The average Bonchev–Trinajstić information content (AvgIpc) is 2.61. The van der Waals surface area contributed by atoms with Gasteiger partial charge in [0.25, 0.3) is 0 Å². The van der Waals surface area contributed by atoms with Crippen LogP contribution in [0.15, 0.2) is 0 Å². The van der Waals surface area contributed by atoms with Crippen LogP contribution in [0.3, 0.4) is 0 Å². The van der Waals surface area contributed by atoms with Crippen LogP contribution >= 0.6 is 0 Å². The fraction of sp³-hybridized carbons (Fsp3) is 0.900. The van der Waals surface area contributed by atoms with E-state index < -0.39 is 30.1 Å². The number of hydrogen-bond acceptors (Lipinski definition) is 2. The van der Waals surface area contributed by atoms with Gasteiger partial charge in [-0.2, -0.15) is 13.2 Å². The first-order valence-corrected chi connectivity index (χ1v) is 5.30. The molecule has 4 atom stereocenters. The first-order valence-electron chi connectivity index (χ1n) is 5.30. The van der Waals surface area contributed by atoms with Crippen LogP contribution in [0.5, 0.6) is 0 Å². The Kier molecular flexibility index (Phi) is 2.86. The molecule has 2 fully saturated rings. The average molecular weight is 238 g/mol. The van der Waals surface area contributed by atoms with Gasteiger partial charge in [-0.3, -0.25) is 4.79 Å². The minimum Gasteiger partial charge on any atom is -0.481 e. The third-order valence-corrected chi connectivity index (χ3v) is 3.61. The molecule has 1 aliphatic heterocycles. The second kappa shape index (κ2) is 3.91. The van der Waals surface area contributed by atoms with Gasteiger partial charge in [0.05, 0.1) is 17.9 Å². The number of fused-ring (bicyclic) bond motifs is 1. The predicted octanol–water partition coefficient (Wildman–Crippen LogP) is 2.06. The van der Waals surface area contributed by atoms with E-state index in [0.717, 1.165) is 0 Å². The van der Waals surface area contributed by atoms with E-state index in [0.29, 0.717) is 13.0 Å². The molecular formula is C10H13F3O3. The largest absolute Gasteiger partial charge is 0.481 e. The Labute approximate surface area is 90.6 Å². The Morgan fingerprint density at radius 2 is 2.00 bits per heavy atom. The highest BCUT2D eigenvalue weighted by atomic mass is 19.4. The maximum atomic E-state index is 12.6. The topological polar surface area (TPSA) is 46.5 Å². The standard InChI is InChI=1S/C10H13F3O3/c11-10(12,13)5-3-7(9(14)15)6-1-2-16-8(6)4-5/h5-8H,1-4H2,(H,14,15)/t5-,6-,7+,8+/m1/s1. The van der Waals surface area contributed by atoms with Gasteiger partial charge in [0.1, 0.15) is 0 Å². The van der Waals surface area contributed by atoms with Crippen LogP contribution in [0, 0.1) is 17.8 Å². The van der Waals surface area contributed by atoms with Crippen molar-refractivity contribution in [3.63, 3.8) is 0 Å². The number of rotatable bonds is 1. The molecule has 0 unspecified atom stereocenters. The van der Waals surface area contributed by atoms with E-state index in [-0.39, 0.29) is 18.8 Å². The summed E-state index contributed by atoms with van der Waals surface area (Å²) < 4.78 is 43.0. The number of carboxylic acids is 1. The highest BCUT2D eigenvalue weighted by Gasteiger charge is 2.52. The zero-order chi connectivity index (χ0) is 11.9. The number of ether oxygens (including phenoxy) is 1. The lowest BCUT2D eigenvalue weighted by Crippen LogP contribution is -2.42. The highest BCUT2D eigenvalue weighted by molar-refractivity contribution is 5.70. The predicted molar refractivity (Wildman–Crippen MR) is 47.8 cm³/mol. The molecule has 92 valence electrons. The number of carbonyl (C=O) groups is 1. The molecule has 0 aromatic heterocycles. The molecule has 3 nitrogen and oxygen atoms in total. The molecule has 6 heteroatoms. The minimum atomic E-state index is -4.31. The maximum Gasteiger partial charge on any atom is 0.391 e. The summed E-state index contributed by atoms with van der Waals surface area (Å²) >= 11 is 0.